The van der Waals surface area contributed by atoms with Gasteiger partial charge in [-0.2, -0.15) is 0 Å². The van der Waals surface area contributed by atoms with Crippen molar-refractivity contribution >= 4 is 11.6 Å². The molecule has 0 heterocycles. The minimum Gasteiger partial charge on any atom is -0.353 e. The lowest BCUT2D eigenvalue weighted by atomic mass is 10.1. The van der Waals surface area contributed by atoms with Gasteiger partial charge in [0.05, 0.1) is 0 Å². The van der Waals surface area contributed by atoms with Crippen LogP contribution in [0.2, 0.25) is 0 Å². The first-order valence-corrected chi connectivity index (χ1v) is 15.3. The normalized spacial score (nSPS) is 11.9. The lowest BCUT2D eigenvalue weighted by molar-refractivity contribution is -0.148. The van der Waals surface area contributed by atoms with E-state index in [2.05, 4.69) is 26.0 Å². The van der Waals surface area contributed by atoms with E-state index in [1.54, 1.807) is 0 Å². The Labute approximate surface area is 213 Å². The number of allylic oxidation sites excluding steroid dienone is 2. The van der Waals surface area contributed by atoms with E-state index in [0.29, 0.717) is 0 Å². The monoisotopic (exact) mass is 486 g/mol. The van der Waals surface area contributed by atoms with Gasteiger partial charge in [-0.25, -0.2) is 0 Å². The second-order valence-corrected chi connectivity index (χ2v) is 10.1. The van der Waals surface area contributed by atoms with Crippen LogP contribution < -0.4 is 0 Å². The smallest absolute Gasteiger partial charge is 0.157 e. The van der Waals surface area contributed by atoms with Crippen molar-refractivity contribution in [1.29, 1.82) is 0 Å². The van der Waals surface area contributed by atoms with Crippen molar-refractivity contribution in [2.45, 2.75) is 161 Å². The molecule has 0 aliphatic carbocycles. The Balaban J connectivity index is 3.87. The van der Waals surface area contributed by atoms with Crippen molar-refractivity contribution in [3.63, 3.8) is 0 Å². The molecule has 0 amide bonds. The van der Waals surface area contributed by atoms with Gasteiger partial charge in [0.1, 0.15) is 0 Å². The summed E-state index contributed by atoms with van der Waals surface area (Å²) in [5.74, 6) is 0.736. The number of hydrogen-bond donors (Lipinski definition) is 0. The number of halogens is 1. The van der Waals surface area contributed by atoms with Crippen LogP contribution >= 0.6 is 11.6 Å². The summed E-state index contributed by atoms with van der Waals surface area (Å²) < 4.78 is 12.3. The van der Waals surface area contributed by atoms with Crippen LogP contribution in [-0.2, 0) is 9.47 Å². The molecule has 0 radical (unpaired) electrons. The van der Waals surface area contributed by atoms with Gasteiger partial charge in [-0.15, -0.1) is 11.6 Å². The molecule has 0 bridgehead atoms. The topological polar surface area (TPSA) is 18.5 Å². The number of ether oxygens (including phenoxy) is 2. The highest BCUT2D eigenvalue weighted by Gasteiger charge is 2.09. The highest BCUT2D eigenvalue weighted by molar-refractivity contribution is 6.17. The van der Waals surface area contributed by atoms with Gasteiger partial charge in [0.25, 0.3) is 0 Å². The molecule has 198 valence electrons. The highest BCUT2D eigenvalue weighted by Crippen LogP contribution is 2.14. The van der Waals surface area contributed by atoms with Crippen molar-refractivity contribution in [3.8, 4) is 0 Å². The average molecular weight is 487 g/mol. The Bertz CT molecular complexity index is 352. The Hall–Kier alpha value is -0.0500. The summed E-state index contributed by atoms with van der Waals surface area (Å²) >= 11 is 5.69. The molecule has 0 saturated heterocycles. The van der Waals surface area contributed by atoms with E-state index >= 15 is 0 Å². The quantitative estimate of drug-likeness (QED) is 0.0473. The molecule has 0 aromatic rings. The van der Waals surface area contributed by atoms with Crippen LogP contribution in [0.1, 0.15) is 155 Å². The summed E-state index contributed by atoms with van der Waals surface area (Å²) in [5, 5.41) is 0. The fourth-order valence-electron chi connectivity index (χ4n) is 4.16. The Kier molecular flexibility index (Phi) is 29.9. The van der Waals surface area contributed by atoms with Crippen molar-refractivity contribution in [2.75, 3.05) is 19.1 Å². The van der Waals surface area contributed by atoms with Crippen LogP contribution in [0.25, 0.3) is 0 Å². The molecule has 0 rings (SSSR count). The molecule has 0 aliphatic rings. The fraction of sp³-hybridized carbons (Fsp3) is 0.933. The SMILES string of the molecule is CCCCCCCCCOC(CCCCCCC/C=C/CCCl)OCCCCCCCCC. The Morgan fingerprint density at radius 2 is 0.939 bits per heavy atom. The minimum atomic E-state index is 0.0173. The molecular weight excluding hydrogens is 428 g/mol. The molecule has 0 unspecified atom stereocenters. The molecule has 2 nitrogen and oxygen atoms in total. The summed E-state index contributed by atoms with van der Waals surface area (Å²) in [7, 11) is 0. The Morgan fingerprint density at radius 3 is 1.45 bits per heavy atom. The van der Waals surface area contributed by atoms with Gasteiger partial charge < -0.3 is 9.47 Å². The third kappa shape index (κ3) is 28.1. The third-order valence-corrected chi connectivity index (χ3v) is 6.57. The van der Waals surface area contributed by atoms with Gasteiger partial charge in [-0.3, -0.25) is 0 Å². The predicted octanol–water partition coefficient (Wildman–Crippen LogP) is 10.8. The van der Waals surface area contributed by atoms with Gasteiger partial charge in [0.2, 0.25) is 0 Å². The van der Waals surface area contributed by atoms with Gasteiger partial charge in [0.15, 0.2) is 6.29 Å². The van der Waals surface area contributed by atoms with Crippen LogP contribution in [0.3, 0.4) is 0 Å². The predicted molar refractivity (Wildman–Crippen MR) is 148 cm³/mol. The van der Waals surface area contributed by atoms with E-state index in [9.17, 15) is 0 Å². The average Bonchev–Trinajstić information content (AvgIpc) is 2.83. The van der Waals surface area contributed by atoms with Crippen LogP contribution in [-0.4, -0.2) is 25.4 Å². The Morgan fingerprint density at radius 1 is 0.515 bits per heavy atom. The van der Waals surface area contributed by atoms with E-state index in [4.69, 9.17) is 21.1 Å². The van der Waals surface area contributed by atoms with Crippen molar-refractivity contribution in [1.82, 2.24) is 0 Å². The van der Waals surface area contributed by atoms with Gasteiger partial charge in [-0.05, 0) is 44.9 Å². The molecule has 0 aromatic carbocycles. The first-order chi connectivity index (χ1) is 16.3. The zero-order valence-corrected chi connectivity index (χ0v) is 23.4. The largest absolute Gasteiger partial charge is 0.353 e. The summed E-state index contributed by atoms with van der Waals surface area (Å²) in [4.78, 5) is 0. The number of hydrogen-bond acceptors (Lipinski definition) is 2. The molecular formula is C30H59ClO2. The summed E-state index contributed by atoms with van der Waals surface area (Å²) in [6.45, 7) is 6.29. The maximum absolute atomic E-state index is 6.17. The number of unbranched alkanes of at least 4 members (excludes halogenated alkanes) is 17. The van der Waals surface area contributed by atoms with Gasteiger partial charge >= 0.3 is 0 Å². The van der Waals surface area contributed by atoms with E-state index in [1.807, 2.05) is 0 Å². The van der Waals surface area contributed by atoms with E-state index < -0.39 is 0 Å². The fourth-order valence-corrected chi connectivity index (χ4v) is 4.29. The molecule has 0 aliphatic heterocycles. The number of alkyl halides is 1. The second-order valence-electron chi connectivity index (χ2n) is 9.71. The summed E-state index contributed by atoms with van der Waals surface area (Å²) in [5.41, 5.74) is 0. The van der Waals surface area contributed by atoms with Gasteiger partial charge in [-0.1, -0.05) is 122 Å². The first kappa shape index (κ1) is 33.0. The first-order valence-electron chi connectivity index (χ1n) is 14.8. The van der Waals surface area contributed by atoms with Crippen LogP contribution in [0.5, 0.6) is 0 Å². The lowest BCUT2D eigenvalue weighted by Gasteiger charge is -2.19. The van der Waals surface area contributed by atoms with E-state index in [0.717, 1.165) is 31.9 Å². The molecule has 0 spiro atoms. The number of rotatable bonds is 28. The minimum absolute atomic E-state index is 0.0173. The van der Waals surface area contributed by atoms with Crippen molar-refractivity contribution in [2.24, 2.45) is 0 Å². The summed E-state index contributed by atoms with van der Waals surface area (Å²) in [6.07, 6.45) is 32.9. The lowest BCUT2D eigenvalue weighted by Crippen LogP contribution is -2.19. The molecule has 0 aromatic heterocycles. The zero-order valence-electron chi connectivity index (χ0n) is 22.6. The molecule has 0 saturated carbocycles. The molecule has 3 heteroatoms. The highest BCUT2D eigenvalue weighted by atomic mass is 35.5. The molecule has 0 atom stereocenters. The maximum atomic E-state index is 6.17. The van der Waals surface area contributed by atoms with Gasteiger partial charge in [0, 0.05) is 19.1 Å². The van der Waals surface area contributed by atoms with Crippen LogP contribution in [0, 0.1) is 0 Å². The van der Waals surface area contributed by atoms with Crippen LogP contribution in [0.15, 0.2) is 12.2 Å². The van der Waals surface area contributed by atoms with E-state index in [-0.39, 0.29) is 6.29 Å². The standard InChI is InChI=1S/C30H59ClO2/c1-3-5-7-9-16-20-24-28-32-30(33-29-25-21-17-10-8-6-4-2)26-22-18-14-12-11-13-15-19-23-27-31/h15,19,30H,3-14,16-18,20-29H2,1-2H3/b19-15+. The molecule has 0 N–H and O–H groups in total. The third-order valence-electron chi connectivity index (χ3n) is 6.36. The van der Waals surface area contributed by atoms with Crippen molar-refractivity contribution < 1.29 is 9.47 Å². The zero-order chi connectivity index (χ0) is 24.1. The summed E-state index contributed by atoms with van der Waals surface area (Å²) in [6, 6.07) is 0. The maximum Gasteiger partial charge on any atom is 0.157 e. The second kappa shape index (κ2) is 30.0. The molecule has 33 heavy (non-hydrogen) atoms. The molecule has 0 fully saturated rings. The van der Waals surface area contributed by atoms with Crippen LogP contribution in [0.4, 0.5) is 0 Å². The van der Waals surface area contributed by atoms with E-state index in [1.165, 1.54) is 128 Å². The van der Waals surface area contributed by atoms with Crippen molar-refractivity contribution in [3.05, 3.63) is 12.2 Å².